The number of halogens is 3. The van der Waals surface area contributed by atoms with Gasteiger partial charge in [0.25, 0.3) is 5.91 Å². The van der Waals surface area contributed by atoms with E-state index in [1.807, 2.05) is 36.4 Å². The van der Waals surface area contributed by atoms with Gasteiger partial charge in [-0.15, -0.1) is 0 Å². The van der Waals surface area contributed by atoms with E-state index in [4.69, 9.17) is 27.9 Å². The number of rotatable bonds is 6. The van der Waals surface area contributed by atoms with E-state index < -0.39 is 0 Å². The summed E-state index contributed by atoms with van der Waals surface area (Å²) in [4.78, 5) is 12.1. The van der Waals surface area contributed by atoms with Gasteiger partial charge in [-0.25, -0.2) is 5.43 Å². The van der Waals surface area contributed by atoms with Gasteiger partial charge in [0, 0.05) is 4.47 Å². The molecule has 3 rings (SSSR count). The van der Waals surface area contributed by atoms with Crippen molar-refractivity contribution in [3.8, 4) is 5.75 Å². The van der Waals surface area contributed by atoms with Gasteiger partial charge in [-0.1, -0.05) is 41.4 Å². The molecule has 3 aromatic carbocycles. The molecular formula is C21H15BrCl2N2O2. The molecule has 1 amide bonds. The Morgan fingerprint density at radius 3 is 2.50 bits per heavy atom. The second kappa shape index (κ2) is 9.73. The minimum Gasteiger partial charge on any atom is -0.489 e. The summed E-state index contributed by atoms with van der Waals surface area (Å²) in [5.41, 5.74) is 4.78. The summed E-state index contributed by atoms with van der Waals surface area (Å²) < 4.78 is 6.45. The molecule has 142 valence electrons. The second-order valence-corrected chi connectivity index (χ2v) is 7.45. The number of carbonyl (C=O) groups excluding carboxylic acids is 1. The molecule has 28 heavy (non-hydrogen) atoms. The van der Waals surface area contributed by atoms with E-state index in [0.29, 0.717) is 32.4 Å². The number of hydrogen-bond donors (Lipinski definition) is 1. The third-order valence-corrected chi connectivity index (χ3v) is 5.20. The molecule has 0 saturated heterocycles. The molecular weight excluding hydrogens is 463 g/mol. The lowest BCUT2D eigenvalue weighted by atomic mass is 10.2. The molecule has 0 aliphatic heterocycles. The maximum atomic E-state index is 12.1. The molecule has 3 aromatic rings. The summed E-state index contributed by atoms with van der Waals surface area (Å²) in [7, 11) is 0. The van der Waals surface area contributed by atoms with Crippen molar-refractivity contribution in [3.63, 3.8) is 0 Å². The highest BCUT2D eigenvalue weighted by molar-refractivity contribution is 9.10. The highest BCUT2D eigenvalue weighted by Crippen LogP contribution is 2.23. The van der Waals surface area contributed by atoms with Crippen molar-refractivity contribution in [1.29, 1.82) is 0 Å². The van der Waals surface area contributed by atoms with Crippen molar-refractivity contribution in [1.82, 2.24) is 5.43 Å². The molecule has 0 radical (unpaired) electrons. The molecule has 0 unspecified atom stereocenters. The van der Waals surface area contributed by atoms with Crippen molar-refractivity contribution in [2.24, 2.45) is 5.10 Å². The standard InChI is InChI=1S/C21H15BrCl2N2O2/c22-18-4-2-1-3-17(18)21(27)26-25-12-14-5-8-16(9-6-14)28-13-15-7-10-19(23)20(24)11-15/h1-12H,13H2,(H,26,27)/b25-12+. The van der Waals surface area contributed by atoms with Crippen molar-refractivity contribution >= 4 is 51.3 Å². The highest BCUT2D eigenvalue weighted by Gasteiger charge is 2.07. The third-order valence-electron chi connectivity index (χ3n) is 3.77. The first-order valence-corrected chi connectivity index (χ1v) is 9.82. The van der Waals surface area contributed by atoms with Gasteiger partial charge in [-0.3, -0.25) is 4.79 Å². The van der Waals surface area contributed by atoms with E-state index in [9.17, 15) is 4.79 Å². The van der Waals surface area contributed by atoms with Gasteiger partial charge in [0.15, 0.2) is 0 Å². The fraction of sp³-hybridized carbons (Fsp3) is 0.0476. The van der Waals surface area contributed by atoms with E-state index in [1.54, 1.807) is 36.5 Å². The molecule has 0 aliphatic carbocycles. The monoisotopic (exact) mass is 476 g/mol. The summed E-state index contributed by atoms with van der Waals surface area (Å²) >= 11 is 15.2. The van der Waals surface area contributed by atoms with Crippen LogP contribution >= 0.6 is 39.1 Å². The van der Waals surface area contributed by atoms with E-state index >= 15 is 0 Å². The number of benzene rings is 3. The predicted molar refractivity (Wildman–Crippen MR) is 116 cm³/mol. The maximum absolute atomic E-state index is 12.1. The first-order valence-electron chi connectivity index (χ1n) is 8.27. The van der Waals surface area contributed by atoms with Crippen molar-refractivity contribution in [2.45, 2.75) is 6.61 Å². The molecule has 0 aliphatic rings. The highest BCUT2D eigenvalue weighted by atomic mass is 79.9. The first kappa shape index (κ1) is 20.4. The van der Waals surface area contributed by atoms with Crippen LogP contribution in [0.5, 0.6) is 5.75 Å². The number of ether oxygens (including phenoxy) is 1. The minimum absolute atomic E-state index is 0.287. The summed E-state index contributed by atoms with van der Waals surface area (Å²) in [5, 5.41) is 5.00. The summed E-state index contributed by atoms with van der Waals surface area (Å²) in [6, 6.07) is 19.9. The van der Waals surface area contributed by atoms with Crippen LogP contribution in [0.3, 0.4) is 0 Å². The largest absolute Gasteiger partial charge is 0.489 e. The lowest BCUT2D eigenvalue weighted by Crippen LogP contribution is -2.18. The quantitative estimate of drug-likeness (QED) is 0.344. The zero-order valence-electron chi connectivity index (χ0n) is 14.5. The number of nitrogens with zero attached hydrogens (tertiary/aromatic N) is 1. The van der Waals surface area contributed by atoms with Gasteiger partial charge in [0.1, 0.15) is 12.4 Å². The normalized spacial score (nSPS) is 10.8. The molecule has 0 bridgehead atoms. The first-order chi connectivity index (χ1) is 13.5. The molecule has 0 heterocycles. The van der Waals surface area contributed by atoms with Gasteiger partial charge in [0.2, 0.25) is 0 Å². The van der Waals surface area contributed by atoms with Crippen LogP contribution in [0.25, 0.3) is 0 Å². The fourth-order valence-electron chi connectivity index (χ4n) is 2.32. The molecule has 0 atom stereocenters. The van der Waals surface area contributed by atoms with E-state index in [0.717, 1.165) is 11.1 Å². The number of carbonyl (C=O) groups is 1. The zero-order chi connectivity index (χ0) is 19.9. The summed E-state index contributed by atoms with van der Waals surface area (Å²) in [5.74, 6) is 0.422. The maximum Gasteiger partial charge on any atom is 0.272 e. The van der Waals surface area contributed by atoms with Crippen LogP contribution in [0, 0.1) is 0 Å². The van der Waals surface area contributed by atoms with Gasteiger partial charge >= 0.3 is 0 Å². The molecule has 7 heteroatoms. The average molecular weight is 478 g/mol. The smallest absolute Gasteiger partial charge is 0.272 e. The zero-order valence-corrected chi connectivity index (χ0v) is 17.6. The van der Waals surface area contributed by atoms with Crippen LogP contribution in [0.4, 0.5) is 0 Å². The molecule has 1 N–H and O–H groups in total. The Balaban J connectivity index is 1.54. The van der Waals surface area contributed by atoms with Crippen LogP contribution in [0.1, 0.15) is 21.5 Å². The summed E-state index contributed by atoms with van der Waals surface area (Å²) in [6.07, 6.45) is 1.57. The number of amides is 1. The van der Waals surface area contributed by atoms with Gasteiger partial charge in [-0.05, 0) is 75.6 Å². The van der Waals surface area contributed by atoms with Gasteiger partial charge < -0.3 is 4.74 Å². The number of hydrogen-bond acceptors (Lipinski definition) is 3. The van der Waals surface area contributed by atoms with Gasteiger partial charge in [0.05, 0.1) is 21.8 Å². The van der Waals surface area contributed by atoms with E-state index in [1.165, 1.54) is 0 Å². The van der Waals surface area contributed by atoms with Crippen molar-refractivity contribution < 1.29 is 9.53 Å². The average Bonchev–Trinajstić information content (AvgIpc) is 2.70. The molecule has 4 nitrogen and oxygen atoms in total. The van der Waals surface area contributed by atoms with Gasteiger partial charge in [-0.2, -0.15) is 5.10 Å². The van der Waals surface area contributed by atoms with Crippen LogP contribution in [0.2, 0.25) is 10.0 Å². The predicted octanol–water partition coefficient (Wildman–Crippen LogP) is 6.10. The van der Waals surface area contributed by atoms with Crippen molar-refractivity contribution in [2.75, 3.05) is 0 Å². The second-order valence-electron chi connectivity index (χ2n) is 5.79. The van der Waals surface area contributed by atoms with E-state index in [-0.39, 0.29) is 5.91 Å². The Labute approximate surface area is 181 Å². The topological polar surface area (TPSA) is 50.7 Å². The Morgan fingerprint density at radius 1 is 1.04 bits per heavy atom. The minimum atomic E-state index is -0.287. The van der Waals surface area contributed by atoms with Crippen LogP contribution in [0.15, 0.2) is 76.3 Å². The summed E-state index contributed by atoms with van der Waals surface area (Å²) in [6.45, 7) is 0.381. The third kappa shape index (κ3) is 5.58. The van der Waals surface area contributed by atoms with Crippen LogP contribution in [-0.2, 0) is 6.61 Å². The van der Waals surface area contributed by atoms with Crippen LogP contribution in [-0.4, -0.2) is 12.1 Å². The number of hydrazone groups is 1. The lowest BCUT2D eigenvalue weighted by molar-refractivity contribution is 0.0954. The Bertz CT molecular complexity index is 1010. The SMILES string of the molecule is O=C(N/N=C/c1ccc(OCc2ccc(Cl)c(Cl)c2)cc1)c1ccccc1Br. The molecule has 0 fully saturated rings. The number of nitrogens with one attached hydrogen (secondary N) is 1. The van der Waals surface area contributed by atoms with Crippen LogP contribution < -0.4 is 10.2 Å². The molecule has 0 saturated carbocycles. The fourth-order valence-corrected chi connectivity index (χ4v) is 3.10. The molecule has 0 aromatic heterocycles. The van der Waals surface area contributed by atoms with Crippen molar-refractivity contribution in [3.05, 3.63) is 97.9 Å². The lowest BCUT2D eigenvalue weighted by Gasteiger charge is -2.07. The van der Waals surface area contributed by atoms with E-state index in [2.05, 4.69) is 26.5 Å². The molecule has 0 spiro atoms. The Hall–Kier alpha value is -2.34. The Kier molecular flexibility index (Phi) is 7.09. The Morgan fingerprint density at radius 2 is 1.79 bits per heavy atom.